The van der Waals surface area contributed by atoms with E-state index in [2.05, 4.69) is 0 Å². The van der Waals surface area contributed by atoms with Crippen molar-refractivity contribution < 1.29 is 19.7 Å². The standard InChI is InChI=1S/C12H10O3S.C5H12O/c13-12(14)11(10-7-4-8-16-10)15-9-5-2-1-3-6-9;1-3-5(6)4-2/h1-8,11H,(H,13,14);5-6H,3-4H2,1-2H3. The third kappa shape index (κ3) is 6.28. The Labute approximate surface area is 135 Å². The van der Waals surface area contributed by atoms with E-state index in [4.69, 9.17) is 14.9 Å². The number of hydrogen-bond donors (Lipinski definition) is 2. The molecule has 0 aliphatic rings. The number of carboxylic acids is 1. The molecule has 22 heavy (non-hydrogen) atoms. The third-order valence-corrected chi connectivity index (χ3v) is 3.88. The Morgan fingerprint density at radius 2 is 1.77 bits per heavy atom. The van der Waals surface area contributed by atoms with Crippen LogP contribution >= 0.6 is 11.3 Å². The van der Waals surface area contributed by atoms with Crippen LogP contribution < -0.4 is 4.74 Å². The van der Waals surface area contributed by atoms with Crippen LogP contribution in [0.3, 0.4) is 0 Å². The van der Waals surface area contributed by atoms with Crippen LogP contribution in [0, 0.1) is 0 Å². The Morgan fingerprint density at radius 1 is 1.14 bits per heavy atom. The van der Waals surface area contributed by atoms with Crippen LogP contribution in [0.5, 0.6) is 5.75 Å². The van der Waals surface area contributed by atoms with Gasteiger partial charge in [0, 0.05) is 0 Å². The highest BCUT2D eigenvalue weighted by Crippen LogP contribution is 2.25. The van der Waals surface area contributed by atoms with Gasteiger partial charge in [0.05, 0.1) is 11.0 Å². The summed E-state index contributed by atoms with van der Waals surface area (Å²) in [7, 11) is 0. The zero-order valence-electron chi connectivity index (χ0n) is 12.8. The van der Waals surface area contributed by atoms with Gasteiger partial charge in [-0.2, -0.15) is 0 Å². The zero-order chi connectivity index (χ0) is 16.4. The largest absolute Gasteiger partial charge is 0.478 e. The number of carboxylic acid groups (broad SMARTS) is 1. The molecule has 0 aliphatic heterocycles. The van der Waals surface area contributed by atoms with Gasteiger partial charge in [0.2, 0.25) is 6.10 Å². The minimum absolute atomic E-state index is 0.0648. The topological polar surface area (TPSA) is 66.8 Å². The van der Waals surface area contributed by atoms with Gasteiger partial charge in [0.1, 0.15) is 5.75 Å². The van der Waals surface area contributed by atoms with Gasteiger partial charge in [-0.1, -0.05) is 38.1 Å². The number of rotatable bonds is 6. The molecule has 0 saturated heterocycles. The Kier molecular flexibility index (Phi) is 8.25. The van der Waals surface area contributed by atoms with Crippen LogP contribution in [0.15, 0.2) is 47.8 Å². The van der Waals surface area contributed by atoms with Crippen LogP contribution in [0.2, 0.25) is 0 Å². The summed E-state index contributed by atoms with van der Waals surface area (Å²) in [5, 5.41) is 19.6. The molecule has 4 nitrogen and oxygen atoms in total. The van der Waals surface area contributed by atoms with E-state index in [0.717, 1.165) is 12.8 Å². The lowest BCUT2D eigenvalue weighted by Gasteiger charge is -2.13. The van der Waals surface area contributed by atoms with Gasteiger partial charge in [-0.3, -0.25) is 0 Å². The van der Waals surface area contributed by atoms with Gasteiger partial charge in [-0.15, -0.1) is 11.3 Å². The number of hydrogen-bond acceptors (Lipinski definition) is 4. The quantitative estimate of drug-likeness (QED) is 0.839. The molecule has 2 rings (SSSR count). The van der Waals surface area contributed by atoms with E-state index >= 15 is 0 Å². The molecule has 1 atom stereocenters. The molecule has 1 aromatic carbocycles. The van der Waals surface area contributed by atoms with Crippen molar-refractivity contribution in [3.63, 3.8) is 0 Å². The van der Waals surface area contributed by atoms with E-state index in [9.17, 15) is 4.79 Å². The number of benzene rings is 1. The molecule has 0 radical (unpaired) electrons. The van der Waals surface area contributed by atoms with Gasteiger partial charge >= 0.3 is 5.97 Å². The van der Waals surface area contributed by atoms with E-state index in [1.54, 1.807) is 18.2 Å². The van der Waals surface area contributed by atoms with E-state index in [1.807, 2.05) is 43.5 Å². The summed E-state index contributed by atoms with van der Waals surface area (Å²) in [5.41, 5.74) is 0. The Morgan fingerprint density at radius 3 is 2.18 bits per heavy atom. The van der Waals surface area contributed by atoms with E-state index in [0.29, 0.717) is 10.6 Å². The molecule has 5 heteroatoms. The van der Waals surface area contributed by atoms with Gasteiger partial charge in [0.15, 0.2) is 0 Å². The summed E-state index contributed by atoms with van der Waals surface area (Å²) >= 11 is 1.37. The zero-order valence-corrected chi connectivity index (χ0v) is 13.6. The maximum absolute atomic E-state index is 11.1. The second-order valence-electron chi connectivity index (χ2n) is 4.63. The minimum atomic E-state index is -0.980. The van der Waals surface area contributed by atoms with Gasteiger partial charge < -0.3 is 14.9 Å². The number of carbonyl (C=O) groups is 1. The highest BCUT2D eigenvalue weighted by molar-refractivity contribution is 7.10. The Bertz CT molecular complexity index is 521. The first-order valence-electron chi connectivity index (χ1n) is 7.24. The first-order chi connectivity index (χ1) is 10.6. The number of ether oxygens (including phenoxy) is 1. The number of aliphatic carboxylic acids is 1. The van der Waals surface area contributed by atoms with Crippen LogP contribution in [-0.2, 0) is 4.79 Å². The number of thiophene rings is 1. The van der Waals surface area contributed by atoms with Gasteiger partial charge in [-0.05, 0) is 36.4 Å². The fourth-order valence-electron chi connectivity index (χ4n) is 1.59. The molecule has 0 amide bonds. The van der Waals surface area contributed by atoms with Crippen molar-refractivity contribution in [1.82, 2.24) is 0 Å². The fraction of sp³-hybridized carbons (Fsp3) is 0.353. The summed E-state index contributed by atoms with van der Waals surface area (Å²) in [6, 6.07) is 12.5. The average Bonchev–Trinajstić information content (AvgIpc) is 3.07. The normalized spacial score (nSPS) is 11.5. The number of aliphatic hydroxyl groups is 1. The molecule has 0 bridgehead atoms. The van der Waals surface area contributed by atoms with Crippen molar-refractivity contribution in [2.75, 3.05) is 0 Å². The lowest BCUT2D eigenvalue weighted by molar-refractivity contribution is -0.145. The summed E-state index contributed by atoms with van der Waals surface area (Å²) < 4.78 is 5.43. The maximum Gasteiger partial charge on any atom is 0.350 e. The molecule has 2 aromatic rings. The summed E-state index contributed by atoms with van der Waals surface area (Å²) in [5.74, 6) is -0.422. The molecule has 0 spiro atoms. The summed E-state index contributed by atoms with van der Waals surface area (Å²) in [4.78, 5) is 11.8. The maximum atomic E-state index is 11.1. The molecule has 2 N–H and O–H groups in total. The second-order valence-corrected chi connectivity index (χ2v) is 5.61. The van der Waals surface area contributed by atoms with Crippen LogP contribution in [0.4, 0.5) is 0 Å². The van der Waals surface area contributed by atoms with Crippen molar-refractivity contribution >= 4 is 17.3 Å². The average molecular weight is 322 g/mol. The lowest BCUT2D eigenvalue weighted by atomic mass is 10.2. The molecular weight excluding hydrogens is 300 g/mol. The number of para-hydroxylation sites is 1. The van der Waals surface area contributed by atoms with E-state index < -0.39 is 12.1 Å². The smallest absolute Gasteiger partial charge is 0.350 e. The minimum Gasteiger partial charge on any atom is -0.478 e. The predicted octanol–water partition coefficient (Wildman–Crippen LogP) is 4.12. The Balaban J connectivity index is 0.000000346. The van der Waals surface area contributed by atoms with Crippen LogP contribution in [0.1, 0.15) is 37.7 Å². The summed E-state index contributed by atoms with van der Waals surface area (Å²) in [6.45, 7) is 3.96. The highest BCUT2D eigenvalue weighted by Gasteiger charge is 2.22. The first kappa shape index (κ1) is 18.2. The molecular formula is C17H22O4S. The molecule has 0 saturated carbocycles. The van der Waals surface area contributed by atoms with Gasteiger partial charge in [0.25, 0.3) is 0 Å². The van der Waals surface area contributed by atoms with Crippen molar-refractivity contribution in [2.24, 2.45) is 0 Å². The van der Waals surface area contributed by atoms with Crippen LogP contribution in [0.25, 0.3) is 0 Å². The van der Waals surface area contributed by atoms with Crippen molar-refractivity contribution in [3.05, 3.63) is 52.7 Å². The van der Waals surface area contributed by atoms with E-state index in [-0.39, 0.29) is 6.10 Å². The molecule has 0 aliphatic carbocycles. The lowest BCUT2D eigenvalue weighted by Crippen LogP contribution is -2.16. The second kappa shape index (κ2) is 9.97. The first-order valence-corrected chi connectivity index (χ1v) is 8.12. The van der Waals surface area contributed by atoms with E-state index in [1.165, 1.54) is 11.3 Å². The molecule has 1 heterocycles. The predicted molar refractivity (Wildman–Crippen MR) is 88.4 cm³/mol. The van der Waals surface area contributed by atoms with Crippen molar-refractivity contribution in [2.45, 2.75) is 38.9 Å². The fourth-order valence-corrected chi connectivity index (χ4v) is 2.34. The monoisotopic (exact) mass is 322 g/mol. The highest BCUT2D eigenvalue weighted by atomic mass is 32.1. The SMILES string of the molecule is CCC(O)CC.O=C(O)C(Oc1ccccc1)c1cccs1. The molecule has 120 valence electrons. The number of aliphatic hydroxyl groups excluding tert-OH is 1. The molecule has 1 unspecified atom stereocenters. The summed E-state index contributed by atoms with van der Waals surface area (Å²) in [6.07, 6.45) is 0.778. The third-order valence-electron chi connectivity index (χ3n) is 2.97. The molecule has 0 fully saturated rings. The Hall–Kier alpha value is -1.85. The van der Waals surface area contributed by atoms with Crippen molar-refractivity contribution in [1.29, 1.82) is 0 Å². The van der Waals surface area contributed by atoms with Gasteiger partial charge in [-0.25, -0.2) is 4.79 Å². The van der Waals surface area contributed by atoms with Crippen molar-refractivity contribution in [3.8, 4) is 5.75 Å². The molecule has 1 aromatic heterocycles. The van der Waals surface area contributed by atoms with Crippen LogP contribution in [-0.4, -0.2) is 22.3 Å².